The van der Waals surface area contributed by atoms with Gasteiger partial charge in [-0.25, -0.2) is 9.78 Å². The van der Waals surface area contributed by atoms with E-state index in [1.54, 1.807) is 24.7 Å². The van der Waals surface area contributed by atoms with Gasteiger partial charge in [0.2, 0.25) is 5.88 Å². The van der Waals surface area contributed by atoms with Gasteiger partial charge < -0.3 is 15.0 Å². The summed E-state index contributed by atoms with van der Waals surface area (Å²) in [5.41, 5.74) is 0.713. The lowest BCUT2D eigenvalue weighted by Crippen LogP contribution is -2.50. The maximum atomic E-state index is 12.7. The summed E-state index contributed by atoms with van der Waals surface area (Å²) in [6, 6.07) is 7.80. The van der Waals surface area contributed by atoms with Crippen molar-refractivity contribution >= 4 is 11.7 Å². The van der Waals surface area contributed by atoms with Gasteiger partial charge >= 0.3 is 6.03 Å². The van der Waals surface area contributed by atoms with E-state index >= 15 is 0 Å². The Hall–Kier alpha value is -2.67. The molecule has 2 aliphatic heterocycles. The Labute approximate surface area is 159 Å². The molecular weight excluding hydrogens is 342 g/mol. The van der Waals surface area contributed by atoms with Crippen LogP contribution >= 0.6 is 0 Å². The first-order chi connectivity index (χ1) is 13.3. The summed E-state index contributed by atoms with van der Waals surface area (Å²) in [6.07, 6.45) is 9.53. The van der Waals surface area contributed by atoms with Gasteiger partial charge in [-0.2, -0.15) is 0 Å². The number of urea groups is 1. The molecule has 7 nitrogen and oxygen atoms in total. The van der Waals surface area contributed by atoms with E-state index in [4.69, 9.17) is 4.74 Å². The number of likely N-dealkylation sites (tertiary alicyclic amines) is 2. The summed E-state index contributed by atoms with van der Waals surface area (Å²) in [4.78, 5) is 25.3. The summed E-state index contributed by atoms with van der Waals surface area (Å²) >= 11 is 0. The van der Waals surface area contributed by atoms with Crippen LogP contribution in [0.2, 0.25) is 0 Å². The van der Waals surface area contributed by atoms with Crippen molar-refractivity contribution in [1.82, 2.24) is 19.8 Å². The molecule has 7 heteroatoms. The smallest absolute Gasteiger partial charge is 0.321 e. The number of benzene rings is 1. The normalized spacial score (nSPS) is 20.4. The molecule has 2 saturated heterocycles. The SMILES string of the molecule is O=C(Nc1cccc(Oc2cnccn2)c1)N1CCC[C@@H](N2CCCC2)C1. The minimum absolute atomic E-state index is 0.0458. The highest BCUT2D eigenvalue weighted by Gasteiger charge is 2.29. The minimum Gasteiger partial charge on any atom is -0.437 e. The number of piperidine rings is 1. The third-order valence-corrected chi connectivity index (χ3v) is 5.19. The third kappa shape index (κ3) is 4.54. The van der Waals surface area contributed by atoms with Gasteiger partial charge in [0.15, 0.2) is 0 Å². The molecule has 2 fully saturated rings. The molecule has 0 unspecified atom stereocenters. The highest BCUT2D eigenvalue weighted by Crippen LogP contribution is 2.24. The highest BCUT2D eigenvalue weighted by molar-refractivity contribution is 5.89. The molecule has 3 heterocycles. The summed E-state index contributed by atoms with van der Waals surface area (Å²) in [7, 11) is 0. The number of anilines is 1. The van der Waals surface area contributed by atoms with E-state index in [2.05, 4.69) is 20.2 Å². The number of nitrogens with zero attached hydrogens (tertiary/aromatic N) is 4. The maximum absolute atomic E-state index is 12.7. The lowest BCUT2D eigenvalue weighted by molar-refractivity contribution is 0.132. The first kappa shape index (κ1) is 17.7. The van der Waals surface area contributed by atoms with Crippen molar-refractivity contribution in [2.24, 2.45) is 0 Å². The lowest BCUT2D eigenvalue weighted by Gasteiger charge is -2.37. The predicted octanol–water partition coefficient (Wildman–Crippen LogP) is 3.36. The predicted molar refractivity (Wildman–Crippen MR) is 103 cm³/mol. The van der Waals surface area contributed by atoms with Crippen molar-refractivity contribution < 1.29 is 9.53 Å². The molecule has 2 aliphatic rings. The van der Waals surface area contributed by atoms with Crippen LogP contribution in [-0.2, 0) is 0 Å². The first-order valence-electron chi connectivity index (χ1n) is 9.62. The molecular formula is C20H25N5O2. The Morgan fingerprint density at radius 2 is 2.04 bits per heavy atom. The van der Waals surface area contributed by atoms with E-state index in [0.717, 1.165) is 19.5 Å². The van der Waals surface area contributed by atoms with Crippen molar-refractivity contribution in [3.8, 4) is 11.6 Å². The molecule has 0 spiro atoms. The summed E-state index contributed by atoms with van der Waals surface area (Å²) in [5, 5.41) is 3.00. The fraction of sp³-hybridized carbons (Fsp3) is 0.450. The molecule has 0 saturated carbocycles. The fourth-order valence-electron chi connectivity index (χ4n) is 3.84. The topological polar surface area (TPSA) is 70.6 Å². The molecule has 1 aromatic carbocycles. The van der Waals surface area contributed by atoms with Gasteiger partial charge in [0, 0.05) is 43.3 Å². The molecule has 2 aromatic rings. The highest BCUT2D eigenvalue weighted by atomic mass is 16.5. The van der Waals surface area contributed by atoms with Crippen LogP contribution in [0.15, 0.2) is 42.9 Å². The van der Waals surface area contributed by atoms with Crippen molar-refractivity contribution in [2.45, 2.75) is 31.7 Å². The number of carbonyl (C=O) groups excluding carboxylic acids is 1. The van der Waals surface area contributed by atoms with E-state index in [9.17, 15) is 4.79 Å². The number of hydrogen-bond acceptors (Lipinski definition) is 5. The zero-order valence-corrected chi connectivity index (χ0v) is 15.4. The van der Waals surface area contributed by atoms with Crippen LogP contribution in [0, 0.1) is 0 Å². The second-order valence-corrected chi connectivity index (χ2v) is 7.09. The fourth-order valence-corrected chi connectivity index (χ4v) is 3.84. The van der Waals surface area contributed by atoms with Crippen LogP contribution in [-0.4, -0.2) is 58.0 Å². The first-order valence-corrected chi connectivity index (χ1v) is 9.62. The van der Waals surface area contributed by atoms with Gasteiger partial charge in [0.1, 0.15) is 5.75 Å². The third-order valence-electron chi connectivity index (χ3n) is 5.19. The zero-order chi connectivity index (χ0) is 18.5. The lowest BCUT2D eigenvalue weighted by atomic mass is 10.0. The van der Waals surface area contributed by atoms with E-state index in [1.807, 2.05) is 23.1 Å². The van der Waals surface area contributed by atoms with E-state index in [1.165, 1.54) is 32.4 Å². The zero-order valence-electron chi connectivity index (χ0n) is 15.4. The van der Waals surface area contributed by atoms with Crippen molar-refractivity contribution in [3.63, 3.8) is 0 Å². The van der Waals surface area contributed by atoms with Crippen molar-refractivity contribution in [1.29, 1.82) is 0 Å². The Morgan fingerprint density at radius 3 is 2.85 bits per heavy atom. The number of aromatic nitrogens is 2. The summed E-state index contributed by atoms with van der Waals surface area (Å²) in [6.45, 7) is 3.96. The molecule has 27 heavy (non-hydrogen) atoms. The van der Waals surface area contributed by atoms with Gasteiger partial charge in [-0.1, -0.05) is 6.07 Å². The van der Waals surface area contributed by atoms with Crippen LogP contribution in [0.1, 0.15) is 25.7 Å². The summed E-state index contributed by atoms with van der Waals surface area (Å²) in [5.74, 6) is 1.03. The molecule has 1 atom stereocenters. The number of rotatable bonds is 4. The number of nitrogens with one attached hydrogen (secondary N) is 1. The second-order valence-electron chi connectivity index (χ2n) is 7.09. The number of carbonyl (C=O) groups is 1. The van der Waals surface area contributed by atoms with Gasteiger partial charge in [-0.3, -0.25) is 9.88 Å². The van der Waals surface area contributed by atoms with Gasteiger partial charge in [-0.05, 0) is 50.9 Å². The molecule has 142 valence electrons. The molecule has 0 radical (unpaired) electrons. The maximum Gasteiger partial charge on any atom is 0.321 e. The van der Waals surface area contributed by atoms with Gasteiger partial charge in [0.25, 0.3) is 0 Å². The number of amides is 2. The number of ether oxygens (including phenoxy) is 1. The molecule has 1 aromatic heterocycles. The minimum atomic E-state index is -0.0458. The molecule has 0 aliphatic carbocycles. The number of hydrogen-bond donors (Lipinski definition) is 1. The van der Waals surface area contributed by atoms with Crippen LogP contribution in [0.4, 0.5) is 10.5 Å². The van der Waals surface area contributed by atoms with Gasteiger partial charge in [0.05, 0.1) is 6.20 Å². The van der Waals surface area contributed by atoms with E-state index in [-0.39, 0.29) is 6.03 Å². The molecule has 1 N–H and O–H groups in total. The molecule has 4 rings (SSSR count). The largest absolute Gasteiger partial charge is 0.437 e. The Morgan fingerprint density at radius 1 is 1.15 bits per heavy atom. The Bertz CT molecular complexity index is 764. The standard InChI is InChI=1S/C20H25N5O2/c26-20(25-12-4-6-17(15-25)24-10-1-2-11-24)23-16-5-3-7-18(13-16)27-19-14-21-8-9-22-19/h3,5,7-9,13-14,17H,1-2,4,6,10-12,15H2,(H,23,26)/t17-/m1/s1. The van der Waals surface area contributed by atoms with E-state index in [0.29, 0.717) is 23.4 Å². The molecule has 2 amide bonds. The molecule has 0 bridgehead atoms. The van der Waals surface area contributed by atoms with Crippen LogP contribution in [0.3, 0.4) is 0 Å². The van der Waals surface area contributed by atoms with Crippen LogP contribution in [0.5, 0.6) is 11.6 Å². The Balaban J connectivity index is 1.36. The quantitative estimate of drug-likeness (QED) is 0.897. The monoisotopic (exact) mass is 367 g/mol. The van der Waals surface area contributed by atoms with Crippen LogP contribution < -0.4 is 10.1 Å². The average Bonchev–Trinajstić information content (AvgIpc) is 3.24. The van der Waals surface area contributed by atoms with Crippen molar-refractivity contribution in [3.05, 3.63) is 42.9 Å². The Kier molecular flexibility index (Phi) is 5.48. The van der Waals surface area contributed by atoms with Gasteiger partial charge in [-0.15, -0.1) is 0 Å². The second kappa shape index (κ2) is 8.35. The van der Waals surface area contributed by atoms with Crippen LogP contribution in [0.25, 0.3) is 0 Å². The van der Waals surface area contributed by atoms with Crippen molar-refractivity contribution in [2.75, 3.05) is 31.5 Å². The van der Waals surface area contributed by atoms with E-state index < -0.39 is 0 Å². The average molecular weight is 367 g/mol. The summed E-state index contributed by atoms with van der Waals surface area (Å²) < 4.78 is 5.69.